The molecule has 18 heavy (non-hydrogen) atoms. The molecule has 0 atom stereocenters. The zero-order chi connectivity index (χ0) is 12.9. The Morgan fingerprint density at radius 2 is 2.11 bits per heavy atom. The van der Waals surface area contributed by atoms with Crippen molar-refractivity contribution in [3.8, 4) is 5.88 Å². The topological polar surface area (TPSA) is 78.8 Å². The fraction of sp³-hybridized carbons (Fsp3) is 0.583. The highest BCUT2D eigenvalue weighted by Crippen LogP contribution is 2.46. The third kappa shape index (κ3) is 1.45. The van der Waals surface area contributed by atoms with Gasteiger partial charge in [-0.2, -0.15) is 4.98 Å². The van der Waals surface area contributed by atoms with E-state index >= 15 is 0 Å². The Hall–Kier alpha value is -1.85. The van der Waals surface area contributed by atoms with E-state index in [-0.39, 0.29) is 5.54 Å². The Morgan fingerprint density at radius 1 is 1.39 bits per heavy atom. The number of methoxy groups -OCH3 is 1. The summed E-state index contributed by atoms with van der Waals surface area (Å²) in [7, 11) is 1.57. The number of fused-ring (bicyclic) bond motifs is 1. The van der Waals surface area contributed by atoms with Gasteiger partial charge in [-0.3, -0.25) is 4.57 Å². The maximum atomic E-state index is 6.06. The molecule has 1 fully saturated rings. The van der Waals surface area contributed by atoms with Crippen molar-refractivity contribution >= 4 is 17.1 Å². The van der Waals surface area contributed by atoms with E-state index in [0.717, 1.165) is 5.65 Å². The lowest BCUT2D eigenvalue weighted by Crippen LogP contribution is -2.30. The number of ether oxygens (including phenoxy) is 1. The summed E-state index contributed by atoms with van der Waals surface area (Å²) in [5.41, 5.74) is 7.36. The first kappa shape index (κ1) is 11.3. The summed E-state index contributed by atoms with van der Waals surface area (Å²) in [6, 6.07) is 0. The van der Waals surface area contributed by atoms with Gasteiger partial charge in [-0.25, -0.2) is 9.97 Å². The summed E-state index contributed by atoms with van der Waals surface area (Å²) in [6.07, 6.45) is 3.95. The lowest BCUT2D eigenvalue weighted by Gasteiger charge is -2.27. The monoisotopic (exact) mass is 247 g/mol. The zero-order valence-corrected chi connectivity index (χ0v) is 10.8. The number of rotatable bonds is 3. The van der Waals surface area contributed by atoms with Gasteiger partial charge in [0.05, 0.1) is 7.11 Å². The fourth-order valence-electron chi connectivity index (χ4n) is 2.58. The van der Waals surface area contributed by atoms with Crippen LogP contribution in [0.1, 0.15) is 26.7 Å². The quantitative estimate of drug-likeness (QED) is 0.890. The van der Waals surface area contributed by atoms with Crippen molar-refractivity contribution in [3.05, 3.63) is 6.33 Å². The van der Waals surface area contributed by atoms with Crippen LogP contribution in [-0.2, 0) is 5.54 Å². The first-order valence-electron chi connectivity index (χ1n) is 6.09. The summed E-state index contributed by atoms with van der Waals surface area (Å²) in [4.78, 5) is 12.7. The highest BCUT2D eigenvalue weighted by Gasteiger charge is 2.41. The van der Waals surface area contributed by atoms with Gasteiger partial charge in [0.25, 0.3) is 0 Å². The van der Waals surface area contributed by atoms with Crippen molar-refractivity contribution in [1.29, 1.82) is 0 Å². The SMILES string of the molecule is COc1ncnc2c1nc(N)n2C(C)(C)C1CC1. The normalized spacial score (nSPS) is 16.2. The third-order valence-corrected chi connectivity index (χ3v) is 3.78. The molecule has 0 spiro atoms. The zero-order valence-electron chi connectivity index (χ0n) is 10.8. The minimum atomic E-state index is -0.0712. The summed E-state index contributed by atoms with van der Waals surface area (Å²) in [5, 5.41) is 0. The molecule has 0 radical (unpaired) electrons. The molecule has 0 unspecified atom stereocenters. The standard InChI is InChI=1S/C12H17N5O/c1-12(2,7-4-5-7)17-9-8(16-11(17)13)10(18-3)15-6-14-9/h6-7H,4-5H2,1-3H3,(H2,13,16). The molecule has 0 amide bonds. The van der Waals surface area contributed by atoms with Crippen LogP contribution in [0.3, 0.4) is 0 Å². The van der Waals surface area contributed by atoms with E-state index in [1.54, 1.807) is 7.11 Å². The number of nitrogens with zero attached hydrogens (tertiary/aromatic N) is 4. The van der Waals surface area contributed by atoms with Crippen LogP contribution in [0.15, 0.2) is 6.33 Å². The molecular weight excluding hydrogens is 230 g/mol. The van der Waals surface area contributed by atoms with Crippen LogP contribution in [0.25, 0.3) is 11.2 Å². The predicted molar refractivity (Wildman–Crippen MR) is 68.3 cm³/mol. The highest BCUT2D eigenvalue weighted by molar-refractivity contribution is 5.79. The van der Waals surface area contributed by atoms with Crippen LogP contribution in [0.5, 0.6) is 5.88 Å². The Bertz CT molecular complexity index is 600. The van der Waals surface area contributed by atoms with Crippen LogP contribution in [0.4, 0.5) is 5.95 Å². The molecule has 0 saturated heterocycles. The van der Waals surface area contributed by atoms with Gasteiger partial charge in [-0.1, -0.05) is 0 Å². The molecular formula is C12H17N5O. The molecule has 6 heteroatoms. The van der Waals surface area contributed by atoms with Gasteiger partial charge in [0.15, 0.2) is 11.2 Å². The molecule has 3 rings (SSSR count). The second kappa shape index (κ2) is 3.57. The van der Waals surface area contributed by atoms with Crippen LogP contribution >= 0.6 is 0 Å². The second-order valence-corrected chi connectivity index (χ2v) is 5.29. The van der Waals surface area contributed by atoms with Gasteiger partial charge in [0.1, 0.15) is 6.33 Å². The Morgan fingerprint density at radius 3 is 2.72 bits per heavy atom. The molecule has 6 nitrogen and oxygen atoms in total. The molecule has 2 N–H and O–H groups in total. The fourth-order valence-corrected chi connectivity index (χ4v) is 2.58. The highest BCUT2D eigenvalue weighted by atomic mass is 16.5. The van der Waals surface area contributed by atoms with E-state index < -0.39 is 0 Å². The van der Waals surface area contributed by atoms with E-state index in [1.807, 2.05) is 4.57 Å². The van der Waals surface area contributed by atoms with E-state index in [9.17, 15) is 0 Å². The maximum Gasteiger partial charge on any atom is 0.245 e. The van der Waals surface area contributed by atoms with Gasteiger partial charge < -0.3 is 10.5 Å². The van der Waals surface area contributed by atoms with Crippen LogP contribution in [-0.4, -0.2) is 26.6 Å². The van der Waals surface area contributed by atoms with Gasteiger partial charge in [-0.05, 0) is 32.6 Å². The Balaban J connectivity index is 2.26. The van der Waals surface area contributed by atoms with Crippen molar-refractivity contribution < 1.29 is 4.74 Å². The lowest BCUT2D eigenvalue weighted by molar-refractivity contribution is 0.316. The average Bonchev–Trinajstić information content (AvgIpc) is 3.11. The summed E-state index contributed by atoms with van der Waals surface area (Å²) >= 11 is 0. The van der Waals surface area contributed by atoms with Crippen LogP contribution < -0.4 is 10.5 Å². The maximum absolute atomic E-state index is 6.06. The smallest absolute Gasteiger partial charge is 0.245 e. The van der Waals surface area contributed by atoms with E-state index in [0.29, 0.717) is 23.3 Å². The first-order valence-corrected chi connectivity index (χ1v) is 6.09. The summed E-state index contributed by atoms with van der Waals surface area (Å²) < 4.78 is 7.21. The molecule has 1 saturated carbocycles. The molecule has 1 aliphatic rings. The van der Waals surface area contributed by atoms with Gasteiger partial charge in [0.2, 0.25) is 11.8 Å². The minimum absolute atomic E-state index is 0.0712. The number of nitrogens with two attached hydrogens (primary N) is 1. The Kier molecular flexibility index (Phi) is 2.23. The van der Waals surface area contributed by atoms with Crippen molar-refractivity contribution in [1.82, 2.24) is 19.5 Å². The predicted octanol–water partition coefficient (Wildman–Crippen LogP) is 1.56. The van der Waals surface area contributed by atoms with Crippen LogP contribution in [0, 0.1) is 5.92 Å². The molecule has 2 aromatic rings. The van der Waals surface area contributed by atoms with E-state index in [4.69, 9.17) is 10.5 Å². The number of hydrogen-bond acceptors (Lipinski definition) is 5. The molecule has 2 aromatic heterocycles. The van der Waals surface area contributed by atoms with Gasteiger partial charge in [0, 0.05) is 5.54 Å². The Labute approximate surface area is 105 Å². The largest absolute Gasteiger partial charge is 0.479 e. The first-order chi connectivity index (χ1) is 8.55. The number of anilines is 1. The lowest BCUT2D eigenvalue weighted by atomic mass is 9.98. The molecule has 2 heterocycles. The van der Waals surface area contributed by atoms with Crippen LogP contribution in [0.2, 0.25) is 0 Å². The van der Waals surface area contributed by atoms with Gasteiger partial charge >= 0.3 is 0 Å². The van der Waals surface area contributed by atoms with Crippen molar-refractivity contribution in [2.24, 2.45) is 5.92 Å². The molecule has 0 aromatic carbocycles. The van der Waals surface area contributed by atoms with Crippen molar-refractivity contribution in [3.63, 3.8) is 0 Å². The minimum Gasteiger partial charge on any atom is -0.479 e. The summed E-state index contributed by atoms with van der Waals surface area (Å²) in [6.45, 7) is 4.35. The molecule has 96 valence electrons. The van der Waals surface area contributed by atoms with Crippen molar-refractivity contribution in [2.45, 2.75) is 32.2 Å². The number of nitrogen functional groups attached to an aromatic ring is 1. The molecule has 0 bridgehead atoms. The second-order valence-electron chi connectivity index (χ2n) is 5.29. The molecule has 0 aliphatic heterocycles. The molecule has 1 aliphatic carbocycles. The number of aromatic nitrogens is 4. The van der Waals surface area contributed by atoms with E-state index in [1.165, 1.54) is 19.2 Å². The van der Waals surface area contributed by atoms with Gasteiger partial charge in [-0.15, -0.1) is 0 Å². The summed E-state index contributed by atoms with van der Waals surface area (Å²) in [5.74, 6) is 1.58. The number of hydrogen-bond donors (Lipinski definition) is 1. The third-order valence-electron chi connectivity index (χ3n) is 3.78. The number of imidazole rings is 1. The average molecular weight is 247 g/mol. The van der Waals surface area contributed by atoms with E-state index in [2.05, 4.69) is 28.8 Å². The van der Waals surface area contributed by atoms with Crippen molar-refractivity contribution in [2.75, 3.05) is 12.8 Å².